The zero-order valence-electron chi connectivity index (χ0n) is 32.0. The van der Waals surface area contributed by atoms with Crippen molar-refractivity contribution in [1.29, 1.82) is 0 Å². The van der Waals surface area contributed by atoms with Gasteiger partial charge in [0.05, 0.1) is 38.2 Å². The van der Waals surface area contributed by atoms with Crippen LogP contribution >= 0.6 is 15.9 Å². The van der Waals surface area contributed by atoms with Gasteiger partial charge < -0.3 is 39.9 Å². The Hall–Kier alpha value is -5.18. The first-order chi connectivity index (χ1) is 26.4. The molecule has 2 saturated heterocycles. The van der Waals surface area contributed by atoms with Gasteiger partial charge in [-0.25, -0.2) is 19.6 Å². The molecule has 2 aromatic heterocycles. The van der Waals surface area contributed by atoms with E-state index in [0.29, 0.717) is 18.9 Å². The van der Waals surface area contributed by atoms with Crippen LogP contribution in [0.4, 0.5) is 9.59 Å². The largest absolute Gasteiger partial charge is 0.453 e. The van der Waals surface area contributed by atoms with E-state index < -0.39 is 24.3 Å². The molecule has 6 rings (SSSR count). The second-order valence-corrected chi connectivity index (χ2v) is 15.5. The van der Waals surface area contributed by atoms with Gasteiger partial charge in [0.1, 0.15) is 34.0 Å². The Balaban J connectivity index is 1.13. The predicted octanol–water partition coefficient (Wildman–Crippen LogP) is 6.98. The van der Waals surface area contributed by atoms with Crippen LogP contribution in [-0.4, -0.2) is 93.1 Å². The fourth-order valence-electron chi connectivity index (χ4n) is 7.42. The van der Waals surface area contributed by atoms with E-state index in [-0.39, 0.29) is 35.7 Å². The number of benzene rings is 2. The molecule has 14 nitrogen and oxygen atoms in total. The van der Waals surface area contributed by atoms with Gasteiger partial charge in [0.2, 0.25) is 11.8 Å². The Labute approximate surface area is 329 Å². The fourth-order valence-corrected chi connectivity index (χ4v) is 7.94. The maximum Gasteiger partial charge on any atom is 0.407 e. The first-order valence-electron chi connectivity index (χ1n) is 18.7. The number of amides is 4. The number of aromatic amines is 2. The zero-order chi connectivity index (χ0) is 39.4. The Morgan fingerprint density at radius 3 is 1.64 bits per heavy atom. The minimum Gasteiger partial charge on any atom is -0.453 e. The summed E-state index contributed by atoms with van der Waals surface area (Å²) in [6.07, 6.45) is 3.75. The number of ether oxygens (including phenoxy) is 2. The molecule has 2 fully saturated rings. The normalized spacial score (nSPS) is 18.1. The van der Waals surface area contributed by atoms with Gasteiger partial charge in [0, 0.05) is 18.7 Å². The number of nitrogens with one attached hydrogen (secondary N) is 4. The average Bonchev–Trinajstić information content (AvgIpc) is 4.02. The summed E-state index contributed by atoms with van der Waals surface area (Å²) in [5, 5.41) is 5.39. The molecule has 0 radical (unpaired) electrons. The number of carbonyl (C=O) groups is 4. The lowest BCUT2D eigenvalue weighted by Gasteiger charge is -2.30. The van der Waals surface area contributed by atoms with Crippen molar-refractivity contribution in [3.8, 4) is 33.6 Å². The number of imidazole rings is 2. The zero-order valence-corrected chi connectivity index (χ0v) is 33.6. The maximum absolute atomic E-state index is 13.6. The number of alkyl carbamates (subject to hydrolysis) is 2. The molecule has 0 aliphatic carbocycles. The molecule has 2 aliphatic rings. The average molecular weight is 818 g/mol. The Kier molecular flexibility index (Phi) is 12.3. The molecule has 4 amide bonds. The van der Waals surface area contributed by atoms with Crippen LogP contribution < -0.4 is 10.6 Å². The lowest BCUT2D eigenvalue weighted by atomic mass is 10.0. The second-order valence-electron chi connectivity index (χ2n) is 14.7. The van der Waals surface area contributed by atoms with E-state index in [1.807, 2.05) is 52.0 Å². The number of halogens is 1. The summed E-state index contributed by atoms with van der Waals surface area (Å²) in [7, 11) is 2.57. The molecule has 4 heterocycles. The highest BCUT2D eigenvalue weighted by Gasteiger charge is 2.39. The molecule has 4 N–H and O–H groups in total. The third-order valence-corrected chi connectivity index (χ3v) is 11.0. The number of methoxy groups -OCH3 is 2. The van der Waals surface area contributed by atoms with E-state index in [4.69, 9.17) is 14.5 Å². The van der Waals surface area contributed by atoms with Gasteiger partial charge in [-0.2, -0.15) is 0 Å². The third-order valence-electron chi connectivity index (χ3n) is 10.4. The molecule has 0 saturated carbocycles. The number of nitrogens with zero attached hydrogens (tertiary/aromatic N) is 4. The van der Waals surface area contributed by atoms with Gasteiger partial charge in [-0.15, -0.1) is 0 Å². The van der Waals surface area contributed by atoms with Crippen LogP contribution in [-0.2, 0) is 19.1 Å². The number of hydrogen-bond donors (Lipinski definition) is 4. The summed E-state index contributed by atoms with van der Waals surface area (Å²) in [6, 6.07) is 14.5. The monoisotopic (exact) mass is 816 g/mol. The van der Waals surface area contributed by atoms with Crippen LogP contribution in [0.25, 0.3) is 33.6 Å². The van der Waals surface area contributed by atoms with Crippen LogP contribution in [0.1, 0.15) is 77.1 Å². The van der Waals surface area contributed by atoms with Crippen molar-refractivity contribution in [2.24, 2.45) is 11.8 Å². The van der Waals surface area contributed by atoms with Crippen molar-refractivity contribution in [3.63, 3.8) is 0 Å². The second kappa shape index (κ2) is 17.1. The number of rotatable bonds is 11. The Bertz CT molecular complexity index is 1990. The van der Waals surface area contributed by atoms with E-state index in [1.165, 1.54) is 14.2 Å². The molecule has 0 spiro atoms. The summed E-state index contributed by atoms with van der Waals surface area (Å²) < 4.78 is 10.2. The molecule has 4 unspecified atom stereocenters. The van der Waals surface area contributed by atoms with Crippen molar-refractivity contribution >= 4 is 39.9 Å². The van der Waals surface area contributed by atoms with Crippen molar-refractivity contribution in [2.75, 3.05) is 27.3 Å². The lowest BCUT2D eigenvalue weighted by molar-refractivity contribution is -0.136. The molecule has 15 heteroatoms. The summed E-state index contributed by atoms with van der Waals surface area (Å²) in [5.41, 5.74) is 5.58. The van der Waals surface area contributed by atoms with E-state index in [0.717, 1.165) is 69.8 Å². The van der Waals surface area contributed by atoms with Crippen LogP contribution in [0.2, 0.25) is 0 Å². The summed E-state index contributed by atoms with van der Waals surface area (Å²) in [4.78, 5) is 71.0. The Morgan fingerprint density at radius 1 is 0.709 bits per heavy atom. The highest BCUT2D eigenvalue weighted by atomic mass is 79.9. The predicted molar refractivity (Wildman–Crippen MR) is 210 cm³/mol. The number of hydrogen-bond acceptors (Lipinski definition) is 8. The minimum atomic E-state index is -0.702. The maximum atomic E-state index is 13.6. The quantitative estimate of drug-likeness (QED) is 0.125. The summed E-state index contributed by atoms with van der Waals surface area (Å²) in [6.45, 7) is 8.76. The molecule has 2 aromatic carbocycles. The van der Waals surface area contributed by atoms with Crippen molar-refractivity contribution in [3.05, 3.63) is 71.0 Å². The van der Waals surface area contributed by atoms with Gasteiger partial charge >= 0.3 is 12.2 Å². The van der Waals surface area contributed by atoms with E-state index >= 15 is 0 Å². The molecule has 55 heavy (non-hydrogen) atoms. The Morgan fingerprint density at radius 2 is 1.16 bits per heavy atom. The molecular formula is C40H49BrN8O6. The minimum absolute atomic E-state index is 0.107. The van der Waals surface area contributed by atoms with Crippen molar-refractivity contribution in [1.82, 2.24) is 40.4 Å². The number of carbonyl (C=O) groups excluding carboxylic acids is 4. The van der Waals surface area contributed by atoms with Gasteiger partial charge in [0.25, 0.3) is 0 Å². The molecular weight excluding hydrogens is 768 g/mol. The molecule has 0 bridgehead atoms. The fraction of sp³-hybridized carbons (Fsp3) is 0.450. The summed E-state index contributed by atoms with van der Waals surface area (Å²) >= 11 is 3.66. The SMILES string of the molecule is COC(=O)NC(C(=O)N1CCCC1c1ncc(-c2ccc(-c3ccc(-c4nc(C5CCCN5C(=O)C(NC(=O)OC)C(C)C)[nH]c4Br)cc3)cc2)[nH]1)C(C)C. The van der Waals surface area contributed by atoms with Crippen LogP contribution in [0.5, 0.6) is 0 Å². The highest BCUT2D eigenvalue weighted by molar-refractivity contribution is 9.10. The number of aromatic nitrogens is 4. The van der Waals surface area contributed by atoms with E-state index in [9.17, 15) is 19.2 Å². The van der Waals surface area contributed by atoms with Crippen molar-refractivity contribution < 1.29 is 28.7 Å². The smallest absolute Gasteiger partial charge is 0.407 e. The summed E-state index contributed by atoms with van der Waals surface area (Å²) in [5.74, 6) is 0.890. The van der Waals surface area contributed by atoms with Crippen LogP contribution in [0.15, 0.2) is 59.3 Å². The van der Waals surface area contributed by atoms with Gasteiger partial charge in [0.15, 0.2) is 0 Å². The van der Waals surface area contributed by atoms with Gasteiger partial charge in [-0.1, -0.05) is 76.2 Å². The molecule has 292 valence electrons. The number of likely N-dealkylation sites (tertiary alicyclic amines) is 2. The van der Waals surface area contributed by atoms with E-state index in [2.05, 4.69) is 65.8 Å². The third kappa shape index (κ3) is 8.56. The first kappa shape index (κ1) is 39.5. The lowest BCUT2D eigenvalue weighted by Crippen LogP contribution is -2.51. The van der Waals surface area contributed by atoms with Crippen molar-refractivity contribution in [2.45, 2.75) is 77.5 Å². The molecule has 4 aromatic rings. The standard InChI is InChI=1S/C40H49BrN8O6/c1-22(2)31(45-39(52)54-5)37(50)48-19-7-9-29(48)35-42-21-28(43-35)26-15-11-24(12-16-26)25-13-17-27(18-14-25)33-34(41)47-36(44-33)30-10-8-20-49(30)38(51)32(23(3)4)46-40(53)55-6/h11-18,21-23,29-32H,7-10,19-20H2,1-6H3,(H,42,43)(H,44,47)(H,45,52)(H,46,53). The molecule has 4 atom stereocenters. The number of H-pyrrole nitrogens is 2. The van der Waals surface area contributed by atoms with Crippen LogP contribution in [0.3, 0.4) is 0 Å². The van der Waals surface area contributed by atoms with Gasteiger partial charge in [-0.3, -0.25) is 9.59 Å². The molecule has 2 aliphatic heterocycles. The van der Waals surface area contributed by atoms with Gasteiger partial charge in [-0.05, 0) is 70.1 Å². The van der Waals surface area contributed by atoms with E-state index in [1.54, 1.807) is 16.0 Å². The van der Waals surface area contributed by atoms with Crippen LogP contribution in [0, 0.1) is 11.8 Å². The first-order valence-corrected chi connectivity index (χ1v) is 19.5. The highest BCUT2D eigenvalue weighted by Crippen LogP contribution is 2.37. The topological polar surface area (TPSA) is 175 Å².